The zero-order valence-corrected chi connectivity index (χ0v) is 16.1. The van der Waals surface area contributed by atoms with Crippen LogP contribution in [0.25, 0.3) is 0 Å². The number of amides is 4. The number of aromatic nitrogens is 2. The number of halogens is 1. The summed E-state index contributed by atoms with van der Waals surface area (Å²) in [6.07, 6.45) is 2.31. The Balaban J connectivity index is 1.52. The zero-order valence-electron chi connectivity index (χ0n) is 15.4. The fourth-order valence-corrected chi connectivity index (χ4v) is 4.18. The van der Waals surface area contributed by atoms with Gasteiger partial charge < -0.3 is 9.80 Å². The topological polar surface area (TPSA) is 87.5 Å². The van der Waals surface area contributed by atoms with Gasteiger partial charge in [-0.15, -0.1) is 0 Å². The van der Waals surface area contributed by atoms with Crippen LogP contribution in [0.5, 0.6) is 0 Å². The van der Waals surface area contributed by atoms with Crippen molar-refractivity contribution < 1.29 is 14.4 Å². The second-order valence-electron chi connectivity index (χ2n) is 7.15. The van der Waals surface area contributed by atoms with Crippen LogP contribution in [0.4, 0.5) is 4.79 Å². The molecular formula is C19H20ClN5O3. The molecule has 3 heterocycles. The van der Waals surface area contributed by atoms with Crippen molar-refractivity contribution in [2.45, 2.75) is 24.9 Å². The van der Waals surface area contributed by atoms with E-state index >= 15 is 0 Å². The average molecular weight is 402 g/mol. The highest BCUT2D eigenvalue weighted by molar-refractivity contribution is 6.33. The third kappa shape index (κ3) is 3.03. The maximum absolute atomic E-state index is 12.7. The summed E-state index contributed by atoms with van der Waals surface area (Å²) in [5, 5.41) is 6.86. The summed E-state index contributed by atoms with van der Waals surface area (Å²) in [6, 6.07) is 9.16. The third-order valence-corrected chi connectivity index (χ3v) is 5.73. The Bertz CT molecular complexity index is 934. The van der Waals surface area contributed by atoms with E-state index in [1.165, 1.54) is 4.68 Å². The molecule has 4 rings (SSSR count). The highest BCUT2D eigenvalue weighted by Crippen LogP contribution is 2.35. The number of aryl methyl sites for hydroxylation is 1. The average Bonchev–Trinajstić information content (AvgIpc) is 3.14. The van der Waals surface area contributed by atoms with Crippen molar-refractivity contribution in [2.24, 2.45) is 7.05 Å². The standard InChI is InChI=1S/C19H20ClN5O3/c1-23-12-14(20)15(22-23)16(26)24-9-7-19(8-10-24)17(27)21-18(28)25(19)11-13-5-3-2-4-6-13/h2-6,12H,7-11H2,1H3,(H,21,27,28). The number of nitrogens with one attached hydrogen (secondary N) is 1. The number of carbonyl (C=O) groups is 3. The van der Waals surface area contributed by atoms with Gasteiger partial charge in [0.2, 0.25) is 0 Å². The van der Waals surface area contributed by atoms with Crippen LogP contribution in [0, 0.1) is 0 Å². The van der Waals surface area contributed by atoms with Crippen molar-refractivity contribution in [3.8, 4) is 0 Å². The van der Waals surface area contributed by atoms with Crippen LogP contribution in [0.1, 0.15) is 28.9 Å². The summed E-state index contributed by atoms with van der Waals surface area (Å²) in [6.45, 7) is 1.04. The second kappa shape index (κ2) is 6.94. The largest absolute Gasteiger partial charge is 0.337 e. The number of urea groups is 1. The van der Waals surface area contributed by atoms with Gasteiger partial charge in [0.25, 0.3) is 11.8 Å². The van der Waals surface area contributed by atoms with Crippen LogP contribution in [0.15, 0.2) is 36.5 Å². The fraction of sp³-hybridized carbons (Fsp3) is 0.368. The molecule has 1 aromatic heterocycles. The van der Waals surface area contributed by atoms with Crippen LogP contribution in [0.2, 0.25) is 5.02 Å². The normalized spacial score (nSPS) is 18.6. The van der Waals surface area contributed by atoms with Crippen LogP contribution < -0.4 is 5.32 Å². The SMILES string of the molecule is Cn1cc(Cl)c(C(=O)N2CCC3(CC2)C(=O)NC(=O)N3Cc2ccccc2)n1. The van der Waals surface area contributed by atoms with Gasteiger partial charge in [-0.25, -0.2) is 4.79 Å². The molecule has 0 atom stereocenters. The molecular weight excluding hydrogens is 382 g/mol. The van der Waals surface area contributed by atoms with Crippen LogP contribution >= 0.6 is 11.6 Å². The number of piperidine rings is 1. The van der Waals surface area contributed by atoms with Crippen molar-refractivity contribution >= 4 is 29.4 Å². The van der Waals surface area contributed by atoms with E-state index < -0.39 is 5.54 Å². The molecule has 146 valence electrons. The van der Waals surface area contributed by atoms with Crippen LogP contribution in [0.3, 0.4) is 0 Å². The molecule has 2 aromatic rings. The number of benzene rings is 1. The lowest BCUT2D eigenvalue weighted by molar-refractivity contribution is -0.129. The van der Waals surface area contributed by atoms with Crippen molar-refractivity contribution in [3.05, 3.63) is 52.8 Å². The first-order valence-electron chi connectivity index (χ1n) is 9.06. The molecule has 8 nitrogen and oxygen atoms in total. The van der Waals surface area contributed by atoms with Gasteiger partial charge in [0, 0.05) is 32.9 Å². The van der Waals surface area contributed by atoms with Crippen molar-refractivity contribution in [1.29, 1.82) is 0 Å². The lowest BCUT2D eigenvalue weighted by Gasteiger charge is -2.42. The first-order valence-corrected chi connectivity index (χ1v) is 9.44. The molecule has 0 aliphatic carbocycles. The number of hydrogen-bond acceptors (Lipinski definition) is 4. The maximum atomic E-state index is 12.7. The Morgan fingerprint density at radius 2 is 1.89 bits per heavy atom. The van der Waals surface area contributed by atoms with E-state index in [1.54, 1.807) is 23.0 Å². The molecule has 2 aliphatic heterocycles. The molecule has 4 amide bonds. The third-order valence-electron chi connectivity index (χ3n) is 5.45. The molecule has 0 saturated carbocycles. The number of carbonyl (C=O) groups excluding carboxylic acids is 3. The summed E-state index contributed by atoms with van der Waals surface area (Å²) in [5.41, 5.74) is 0.219. The van der Waals surface area contributed by atoms with E-state index in [1.807, 2.05) is 30.3 Å². The lowest BCUT2D eigenvalue weighted by Crippen LogP contribution is -2.57. The molecule has 9 heteroatoms. The second-order valence-corrected chi connectivity index (χ2v) is 7.56. The summed E-state index contributed by atoms with van der Waals surface area (Å²) >= 11 is 6.09. The van der Waals surface area contributed by atoms with E-state index in [9.17, 15) is 14.4 Å². The van der Waals surface area contributed by atoms with Gasteiger partial charge >= 0.3 is 6.03 Å². The van der Waals surface area contributed by atoms with Crippen molar-refractivity contribution in [1.82, 2.24) is 24.9 Å². The lowest BCUT2D eigenvalue weighted by atomic mass is 9.85. The van der Waals surface area contributed by atoms with E-state index in [4.69, 9.17) is 11.6 Å². The van der Waals surface area contributed by atoms with Crippen molar-refractivity contribution in [3.63, 3.8) is 0 Å². The zero-order chi connectivity index (χ0) is 19.9. The highest BCUT2D eigenvalue weighted by atomic mass is 35.5. The van der Waals surface area contributed by atoms with Gasteiger partial charge in [0.1, 0.15) is 5.54 Å². The van der Waals surface area contributed by atoms with Gasteiger partial charge in [-0.1, -0.05) is 41.9 Å². The van der Waals surface area contributed by atoms with E-state index in [0.29, 0.717) is 37.5 Å². The molecule has 2 saturated heterocycles. The van der Waals surface area contributed by atoms with E-state index in [2.05, 4.69) is 10.4 Å². The molecule has 2 fully saturated rings. The van der Waals surface area contributed by atoms with Crippen molar-refractivity contribution in [2.75, 3.05) is 13.1 Å². The molecule has 1 spiro atoms. The molecule has 0 unspecified atom stereocenters. The Hall–Kier alpha value is -2.87. The Morgan fingerprint density at radius 3 is 2.50 bits per heavy atom. The van der Waals surface area contributed by atoms with E-state index in [0.717, 1.165) is 5.56 Å². The monoisotopic (exact) mass is 401 g/mol. The highest BCUT2D eigenvalue weighted by Gasteiger charge is 2.54. The molecule has 1 N–H and O–H groups in total. The van der Waals surface area contributed by atoms with Crippen LogP contribution in [-0.4, -0.2) is 56.1 Å². The van der Waals surface area contributed by atoms with Gasteiger partial charge in [0.15, 0.2) is 5.69 Å². The van der Waals surface area contributed by atoms with Gasteiger partial charge in [-0.3, -0.25) is 19.6 Å². The number of likely N-dealkylation sites (tertiary alicyclic amines) is 1. The first-order chi connectivity index (χ1) is 13.4. The Kier molecular flexibility index (Phi) is 4.58. The molecule has 0 radical (unpaired) electrons. The number of imide groups is 1. The molecule has 1 aromatic carbocycles. The summed E-state index contributed by atoms with van der Waals surface area (Å²) < 4.78 is 1.49. The molecule has 28 heavy (non-hydrogen) atoms. The number of nitrogens with zero attached hydrogens (tertiary/aromatic N) is 4. The smallest absolute Gasteiger partial charge is 0.325 e. The first kappa shape index (κ1) is 18.5. The van der Waals surface area contributed by atoms with Gasteiger partial charge in [-0.2, -0.15) is 5.10 Å². The minimum absolute atomic E-state index is 0.202. The number of hydrogen-bond donors (Lipinski definition) is 1. The fourth-order valence-electron chi connectivity index (χ4n) is 3.92. The van der Waals surface area contributed by atoms with Crippen LogP contribution in [-0.2, 0) is 18.4 Å². The predicted molar refractivity (Wildman–Crippen MR) is 102 cm³/mol. The minimum atomic E-state index is -0.933. The summed E-state index contributed by atoms with van der Waals surface area (Å²) in [4.78, 5) is 41.1. The maximum Gasteiger partial charge on any atom is 0.325 e. The summed E-state index contributed by atoms with van der Waals surface area (Å²) in [7, 11) is 1.70. The Morgan fingerprint density at radius 1 is 1.21 bits per heavy atom. The molecule has 2 aliphatic rings. The van der Waals surface area contributed by atoms with Gasteiger partial charge in [-0.05, 0) is 18.4 Å². The summed E-state index contributed by atoms with van der Waals surface area (Å²) in [5.74, 6) is -0.559. The van der Waals surface area contributed by atoms with Gasteiger partial charge in [0.05, 0.1) is 5.02 Å². The minimum Gasteiger partial charge on any atom is -0.337 e. The Labute approximate surface area is 167 Å². The molecule has 0 bridgehead atoms. The quantitative estimate of drug-likeness (QED) is 0.794. The van der Waals surface area contributed by atoms with E-state index in [-0.39, 0.29) is 23.5 Å². The number of rotatable bonds is 3. The predicted octanol–water partition coefficient (Wildman–Crippen LogP) is 1.80.